The Bertz CT molecular complexity index is 1240. The lowest BCUT2D eigenvalue weighted by Gasteiger charge is -2.49. The first-order valence-corrected chi connectivity index (χ1v) is 13.1. The first-order valence-electron chi connectivity index (χ1n) is 13.1. The first kappa shape index (κ1) is 22.5. The van der Waals surface area contributed by atoms with E-state index >= 15 is 0 Å². The SMILES string of the molecule is CN(C)c1ccccc1[C@H]1C[C@@H](C(F)(F)F)n2ncc(C(=O)NC34CC5CC6CC(C3)C6(C5)C4)c2N1. The van der Waals surface area contributed by atoms with Crippen molar-refractivity contribution in [3.8, 4) is 0 Å². The molecule has 7 atom stereocenters. The number of carbonyl (C=O) groups is 1. The zero-order valence-electron chi connectivity index (χ0n) is 20.6. The predicted octanol–water partition coefficient (Wildman–Crippen LogP) is 5.31. The number of rotatable bonds is 4. The largest absolute Gasteiger partial charge is 0.410 e. The fourth-order valence-electron chi connectivity index (χ4n) is 8.93. The molecule has 3 bridgehead atoms. The van der Waals surface area contributed by atoms with Crippen LogP contribution < -0.4 is 15.5 Å². The lowest BCUT2D eigenvalue weighted by atomic mass is 9.56. The van der Waals surface area contributed by atoms with Crippen LogP contribution in [-0.2, 0) is 0 Å². The van der Waals surface area contributed by atoms with Gasteiger partial charge in [-0.15, -0.1) is 0 Å². The maximum absolute atomic E-state index is 14.2. The van der Waals surface area contributed by atoms with Crippen molar-refractivity contribution in [3.05, 3.63) is 41.6 Å². The maximum Gasteiger partial charge on any atom is 0.410 e. The van der Waals surface area contributed by atoms with Gasteiger partial charge in [0.2, 0.25) is 0 Å². The van der Waals surface area contributed by atoms with Gasteiger partial charge in [-0.05, 0) is 73.3 Å². The minimum Gasteiger partial charge on any atom is -0.377 e. The van der Waals surface area contributed by atoms with Crippen molar-refractivity contribution in [2.24, 2.45) is 23.2 Å². The number of aromatic nitrogens is 2. The van der Waals surface area contributed by atoms with E-state index in [2.05, 4.69) is 15.7 Å². The van der Waals surface area contributed by atoms with Gasteiger partial charge in [-0.1, -0.05) is 18.2 Å². The van der Waals surface area contributed by atoms with E-state index in [-0.39, 0.29) is 29.2 Å². The summed E-state index contributed by atoms with van der Waals surface area (Å²) in [7, 11) is 3.75. The summed E-state index contributed by atoms with van der Waals surface area (Å²) in [6, 6.07) is 5.06. The number of carbonyl (C=O) groups excluding carboxylic acids is 1. The molecule has 5 unspecified atom stereocenters. The zero-order chi connectivity index (χ0) is 25.0. The summed E-state index contributed by atoms with van der Waals surface area (Å²) in [6.07, 6.45) is 3.52. The monoisotopic (exact) mass is 499 g/mol. The number of hydrogen-bond acceptors (Lipinski definition) is 4. The van der Waals surface area contributed by atoms with Crippen molar-refractivity contribution in [2.75, 3.05) is 24.3 Å². The summed E-state index contributed by atoms with van der Waals surface area (Å²) in [5.41, 5.74) is 2.02. The average Bonchev–Trinajstić information content (AvgIpc) is 3.38. The van der Waals surface area contributed by atoms with Gasteiger partial charge in [0.05, 0.1) is 12.2 Å². The molecule has 2 N–H and O–H groups in total. The first-order chi connectivity index (χ1) is 17.1. The molecule has 192 valence electrons. The molecule has 36 heavy (non-hydrogen) atoms. The number of nitrogens with one attached hydrogen (secondary N) is 2. The normalized spacial score (nSPS) is 37.6. The van der Waals surface area contributed by atoms with E-state index in [0.29, 0.717) is 17.3 Å². The van der Waals surface area contributed by atoms with Gasteiger partial charge >= 0.3 is 6.18 Å². The molecule has 2 heterocycles. The standard InChI is InChI=1S/C27H32F3N5O/c1-34(2)21-6-4-3-5-18(21)20-9-22(27(28,29)30)35-23(32-20)19(13-31-35)24(36)33-25-10-15-7-16-8-17(12-25)26(16,11-15)14-25/h3-6,13,15-17,20,22,32H,7-12,14H2,1-2H3,(H,33,36)/t15?,16?,17?,20-,22+,25?,26?/m1/s1. The van der Waals surface area contributed by atoms with Crippen molar-refractivity contribution in [1.82, 2.24) is 15.1 Å². The second kappa shape index (κ2) is 7.19. The molecule has 1 spiro atoms. The summed E-state index contributed by atoms with van der Waals surface area (Å²) < 4.78 is 43.6. The van der Waals surface area contributed by atoms with Gasteiger partial charge in [0, 0.05) is 31.7 Å². The van der Waals surface area contributed by atoms with Gasteiger partial charge in [-0.2, -0.15) is 18.3 Å². The Hall–Kier alpha value is -2.71. The summed E-state index contributed by atoms with van der Waals surface area (Å²) in [4.78, 5) is 15.6. The van der Waals surface area contributed by atoms with Crippen molar-refractivity contribution in [2.45, 2.75) is 68.7 Å². The fraction of sp³-hybridized carbons (Fsp3) is 0.630. The quantitative estimate of drug-likeness (QED) is 0.599. The molecular formula is C27H32F3N5O. The lowest BCUT2D eigenvalue weighted by molar-refractivity contribution is -0.173. The molecule has 0 radical (unpaired) electrons. The molecule has 6 nitrogen and oxygen atoms in total. The number of benzene rings is 1. The van der Waals surface area contributed by atoms with Crippen LogP contribution in [0.5, 0.6) is 0 Å². The van der Waals surface area contributed by atoms with Gasteiger partial charge < -0.3 is 15.5 Å². The van der Waals surface area contributed by atoms with E-state index in [9.17, 15) is 18.0 Å². The second-order valence-corrected chi connectivity index (χ2v) is 12.3. The Kier molecular flexibility index (Phi) is 4.49. The highest BCUT2D eigenvalue weighted by Gasteiger charge is 2.71. The number of nitrogens with zero attached hydrogens (tertiary/aromatic N) is 3. The molecule has 4 saturated carbocycles. The zero-order valence-corrected chi connectivity index (χ0v) is 20.6. The Balaban J connectivity index is 1.22. The van der Waals surface area contributed by atoms with E-state index in [4.69, 9.17) is 0 Å². The summed E-state index contributed by atoms with van der Waals surface area (Å²) >= 11 is 0. The van der Waals surface area contributed by atoms with Gasteiger partial charge in [0.15, 0.2) is 6.04 Å². The number of alkyl halides is 3. The molecule has 0 saturated heterocycles. The minimum atomic E-state index is -4.48. The number of halogens is 3. The molecule has 5 aliphatic rings. The van der Waals surface area contributed by atoms with Gasteiger partial charge in [0.1, 0.15) is 11.4 Å². The molecule has 4 fully saturated rings. The van der Waals surface area contributed by atoms with Crippen LogP contribution in [0.15, 0.2) is 30.5 Å². The van der Waals surface area contributed by atoms with Crippen LogP contribution in [0.4, 0.5) is 24.7 Å². The van der Waals surface area contributed by atoms with Crippen LogP contribution in [-0.4, -0.2) is 41.5 Å². The highest BCUT2D eigenvalue weighted by molar-refractivity contribution is 5.99. The fourth-order valence-corrected chi connectivity index (χ4v) is 8.93. The number of fused-ring (bicyclic) bond motifs is 3. The minimum absolute atomic E-state index is 0.159. The summed E-state index contributed by atoms with van der Waals surface area (Å²) in [6.45, 7) is 0. The van der Waals surface area contributed by atoms with Crippen LogP contribution in [0.25, 0.3) is 0 Å². The Labute approximate surface area is 208 Å². The van der Waals surface area contributed by atoms with Crippen LogP contribution in [0, 0.1) is 23.2 Å². The number of anilines is 2. The number of amides is 1. The van der Waals surface area contributed by atoms with Crippen molar-refractivity contribution in [3.63, 3.8) is 0 Å². The Morgan fingerprint density at radius 2 is 1.94 bits per heavy atom. The molecule has 2 aromatic rings. The topological polar surface area (TPSA) is 62.2 Å². The van der Waals surface area contributed by atoms with Crippen LogP contribution >= 0.6 is 0 Å². The molecule has 4 aliphatic carbocycles. The molecule has 1 aliphatic heterocycles. The third-order valence-corrected chi connectivity index (χ3v) is 10.1. The summed E-state index contributed by atoms with van der Waals surface area (Å²) in [5.74, 6) is 2.02. The van der Waals surface area contributed by atoms with E-state index in [0.717, 1.165) is 41.1 Å². The molecule has 1 aromatic heterocycles. The van der Waals surface area contributed by atoms with Crippen LogP contribution in [0.3, 0.4) is 0 Å². The van der Waals surface area contributed by atoms with E-state index in [1.165, 1.54) is 25.5 Å². The lowest BCUT2D eigenvalue weighted by Crippen LogP contribution is -2.50. The third-order valence-electron chi connectivity index (χ3n) is 10.1. The molecule has 7 rings (SSSR count). The molecule has 1 aromatic carbocycles. The smallest absolute Gasteiger partial charge is 0.377 e. The van der Waals surface area contributed by atoms with Gasteiger partial charge in [-0.25, -0.2) is 4.68 Å². The third kappa shape index (κ3) is 3.03. The van der Waals surface area contributed by atoms with Crippen molar-refractivity contribution in [1.29, 1.82) is 0 Å². The second-order valence-electron chi connectivity index (χ2n) is 12.3. The van der Waals surface area contributed by atoms with Crippen molar-refractivity contribution >= 4 is 17.4 Å². The highest BCUT2D eigenvalue weighted by atomic mass is 19.4. The highest BCUT2D eigenvalue weighted by Crippen LogP contribution is 2.76. The Morgan fingerprint density at radius 3 is 2.72 bits per heavy atom. The van der Waals surface area contributed by atoms with Crippen molar-refractivity contribution < 1.29 is 18.0 Å². The van der Waals surface area contributed by atoms with Crippen LogP contribution in [0.1, 0.15) is 73.0 Å². The van der Waals surface area contributed by atoms with Gasteiger partial charge in [0.25, 0.3) is 5.91 Å². The summed E-state index contributed by atoms with van der Waals surface area (Å²) in [5, 5.41) is 10.7. The van der Waals surface area contributed by atoms with Gasteiger partial charge in [-0.3, -0.25) is 4.79 Å². The maximum atomic E-state index is 14.2. The van der Waals surface area contributed by atoms with Crippen LogP contribution in [0.2, 0.25) is 0 Å². The number of para-hydroxylation sites is 1. The van der Waals surface area contributed by atoms with E-state index in [1.807, 2.05) is 43.3 Å². The average molecular weight is 500 g/mol. The molecular weight excluding hydrogens is 467 g/mol. The molecule has 1 amide bonds. The molecule has 9 heteroatoms. The van der Waals surface area contributed by atoms with E-state index < -0.39 is 18.3 Å². The Morgan fingerprint density at radius 1 is 1.14 bits per heavy atom. The number of hydrogen-bond donors (Lipinski definition) is 2. The van der Waals surface area contributed by atoms with E-state index in [1.54, 1.807) is 0 Å². The predicted molar refractivity (Wildman–Crippen MR) is 130 cm³/mol.